The average molecular weight is 459 g/mol. The quantitative estimate of drug-likeness (QED) is 0.374. The molecular formula is C19H34IN5. The van der Waals surface area contributed by atoms with Crippen LogP contribution in [0, 0.1) is 5.92 Å². The lowest BCUT2D eigenvalue weighted by atomic mass is 10.1. The fourth-order valence-corrected chi connectivity index (χ4v) is 2.95. The van der Waals surface area contributed by atoms with Gasteiger partial charge in [0.1, 0.15) is 0 Å². The van der Waals surface area contributed by atoms with Crippen LogP contribution in [0.2, 0.25) is 0 Å². The first-order chi connectivity index (χ1) is 11.6. The van der Waals surface area contributed by atoms with Gasteiger partial charge >= 0.3 is 0 Å². The minimum atomic E-state index is 0. The number of rotatable bonds is 7. The molecule has 1 unspecified atom stereocenters. The molecule has 1 heterocycles. The molecule has 1 aliphatic rings. The van der Waals surface area contributed by atoms with E-state index in [2.05, 4.69) is 71.2 Å². The number of anilines is 1. The van der Waals surface area contributed by atoms with E-state index in [9.17, 15) is 0 Å². The zero-order valence-electron chi connectivity index (χ0n) is 15.8. The number of para-hydroxylation sites is 1. The number of benzene rings is 1. The summed E-state index contributed by atoms with van der Waals surface area (Å²) in [6.07, 6.45) is 1.12. The molecule has 0 aliphatic carbocycles. The molecule has 0 amide bonds. The molecule has 142 valence electrons. The number of guanidine groups is 1. The number of nitrogens with zero attached hydrogens (tertiary/aromatic N) is 3. The molecule has 1 aliphatic heterocycles. The van der Waals surface area contributed by atoms with E-state index in [1.54, 1.807) is 0 Å². The second-order valence-corrected chi connectivity index (χ2v) is 7.04. The Morgan fingerprint density at radius 3 is 2.36 bits per heavy atom. The van der Waals surface area contributed by atoms with Crippen molar-refractivity contribution in [3.63, 3.8) is 0 Å². The first kappa shape index (κ1) is 22.0. The summed E-state index contributed by atoms with van der Waals surface area (Å²) < 4.78 is 0. The van der Waals surface area contributed by atoms with E-state index in [1.807, 2.05) is 0 Å². The van der Waals surface area contributed by atoms with Gasteiger partial charge in [-0.2, -0.15) is 0 Å². The molecule has 2 rings (SSSR count). The maximum absolute atomic E-state index is 5.95. The van der Waals surface area contributed by atoms with E-state index in [0.29, 0.717) is 17.9 Å². The van der Waals surface area contributed by atoms with Gasteiger partial charge in [0.15, 0.2) is 5.96 Å². The van der Waals surface area contributed by atoms with Gasteiger partial charge in [-0.3, -0.25) is 9.89 Å². The van der Waals surface area contributed by atoms with Gasteiger partial charge in [-0.1, -0.05) is 32.0 Å². The summed E-state index contributed by atoms with van der Waals surface area (Å²) in [4.78, 5) is 9.46. The molecule has 0 aromatic heterocycles. The van der Waals surface area contributed by atoms with E-state index in [0.717, 1.165) is 45.7 Å². The number of hydrogen-bond acceptors (Lipinski definition) is 3. The second kappa shape index (κ2) is 11.6. The lowest BCUT2D eigenvalue weighted by Gasteiger charge is -2.38. The van der Waals surface area contributed by atoms with Crippen molar-refractivity contribution in [2.24, 2.45) is 16.6 Å². The Hall–Kier alpha value is -1.02. The van der Waals surface area contributed by atoms with Gasteiger partial charge in [0.25, 0.3) is 0 Å². The largest absolute Gasteiger partial charge is 0.370 e. The van der Waals surface area contributed by atoms with Crippen LogP contribution in [0.25, 0.3) is 0 Å². The summed E-state index contributed by atoms with van der Waals surface area (Å²) in [5.74, 6) is 1.26. The third-order valence-electron chi connectivity index (χ3n) is 4.61. The Morgan fingerprint density at radius 1 is 1.12 bits per heavy atom. The third-order valence-corrected chi connectivity index (χ3v) is 4.61. The van der Waals surface area contributed by atoms with Gasteiger partial charge < -0.3 is 16.0 Å². The van der Waals surface area contributed by atoms with Crippen LogP contribution >= 0.6 is 24.0 Å². The third kappa shape index (κ3) is 7.81. The first-order valence-electron chi connectivity index (χ1n) is 9.14. The van der Waals surface area contributed by atoms with Crippen LogP contribution in [0.5, 0.6) is 0 Å². The smallest absolute Gasteiger partial charge is 0.188 e. The van der Waals surface area contributed by atoms with Crippen molar-refractivity contribution in [2.75, 3.05) is 44.2 Å². The summed E-state index contributed by atoms with van der Waals surface area (Å²) in [7, 11) is 0. The predicted molar refractivity (Wildman–Crippen MR) is 119 cm³/mol. The maximum Gasteiger partial charge on any atom is 0.188 e. The predicted octanol–water partition coefficient (Wildman–Crippen LogP) is 2.77. The fraction of sp³-hybridized carbons (Fsp3) is 0.632. The molecule has 1 saturated heterocycles. The van der Waals surface area contributed by atoms with Crippen molar-refractivity contribution >= 4 is 35.6 Å². The monoisotopic (exact) mass is 459 g/mol. The highest BCUT2D eigenvalue weighted by atomic mass is 127. The minimum Gasteiger partial charge on any atom is -0.370 e. The van der Waals surface area contributed by atoms with E-state index < -0.39 is 0 Å². The van der Waals surface area contributed by atoms with Crippen LogP contribution < -0.4 is 16.0 Å². The Morgan fingerprint density at radius 2 is 1.76 bits per heavy atom. The van der Waals surface area contributed by atoms with Crippen LogP contribution in [0.15, 0.2) is 35.3 Å². The zero-order valence-corrected chi connectivity index (χ0v) is 18.1. The van der Waals surface area contributed by atoms with E-state index in [4.69, 9.17) is 5.73 Å². The number of halogens is 1. The lowest BCUT2D eigenvalue weighted by molar-refractivity contribution is 0.201. The van der Waals surface area contributed by atoms with E-state index >= 15 is 0 Å². The van der Waals surface area contributed by atoms with Crippen molar-refractivity contribution < 1.29 is 0 Å². The van der Waals surface area contributed by atoms with Gasteiger partial charge in [-0.05, 0) is 31.4 Å². The highest BCUT2D eigenvalue weighted by Crippen LogP contribution is 2.16. The number of nitrogens with two attached hydrogens (primary N) is 1. The zero-order chi connectivity index (χ0) is 17.4. The molecular weight excluding hydrogens is 425 g/mol. The summed E-state index contributed by atoms with van der Waals surface area (Å²) in [5, 5.41) is 3.20. The Balaban J connectivity index is 0.00000312. The van der Waals surface area contributed by atoms with Gasteiger partial charge in [0.05, 0.1) is 6.54 Å². The highest BCUT2D eigenvalue weighted by molar-refractivity contribution is 14.0. The second-order valence-electron chi connectivity index (χ2n) is 7.04. The molecule has 6 heteroatoms. The molecule has 0 saturated carbocycles. The standard InChI is InChI=1S/C19H33N5.HI/c1-16(2)9-10-21-19(20)22-15-17(3)23-11-13-24(14-12-23)18-7-5-4-6-8-18;/h4-8,16-17H,9-15H2,1-3H3,(H3,20,21,22);1H. The molecule has 0 spiro atoms. The van der Waals surface area contributed by atoms with Crippen LogP contribution in [0.1, 0.15) is 27.2 Å². The number of hydrogen-bond donors (Lipinski definition) is 2. The number of piperazine rings is 1. The molecule has 1 atom stereocenters. The normalized spacial score (nSPS) is 17.3. The SMILES string of the molecule is CC(C)CCNC(N)=NCC(C)N1CCN(c2ccccc2)CC1.I. The molecule has 1 aromatic carbocycles. The molecule has 25 heavy (non-hydrogen) atoms. The molecule has 0 bridgehead atoms. The van der Waals surface area contributed by atoms with Crippen LogP contribution in [0.3, 0.4) is 0 Å². The maximum atomic E-state index is 5.95. The highest BCUT2D eigenvalue weighted by Gasteiger charge is 2.20. The van der Waals surface area contributed by atoms with Crippen LogP contribution in [-0.2, 0) is 0 Å². The van der Waals surface area contributed by atoms with E-state index in [-0.39, 0.29) is 24.0 Å². The molecule has 5 nitrogen and oxygen atoms in total. The topological polar surface area (TPSA) is 56.9 Å². The van der Waals surface area contributed by atoms with Gasteiger partial charge in [0, 0.05) is 44.5 Å². The van der Waals surface area contributed by atoms with E-state index in [1.165, 1.54) is 5.69 Å². The molecule has 0 radical (unpaired) electrons. The average Bonchev–Trinajstić information content (AvgIpc) is 2.60. The van der Waals surface area contributed by atoms with Crippen molar-refractivity contribution in [3.05, 3.63) is 30.3 Å². The summed E-state index contributed by atoms with van der Waals surface area (Å²) in [6.45, 7) is 12.6. The van der Waals surface area contributed by atoms with Crippen LogP contribution in [-0.4, -0.2) is 56.2 Å². The minimum absolute atomic E-state index is 0. The summed E-state index contributed by atoms with van der Waals surface area (Å²) >= 11 is 0. The molecule has 1 fully saturated rings. The summed E-state index contributed by atoms with van der Waals surface area (Å²) in [5.41, 5.74) is 7.27. The molecule has 3 N–H and O–H groups in total. The van der Waals surface area contributed by atoms with Gasteiger partial charge in [0.2, 0.25) is 0 Å². The molecule has 1 aromatic rings. The fourth-order valence-electron chi connectivity index (χ4n) is 2.95. The van der Waals surface area contributed by atoms with Crippen molar-refractivity contribution in [3.8, 4) is 0 Å². The lowest BCUT2D eigenvalue weighted by Crippen LogP contribution is -2.50. The van der Waals surface area contributed by atoms with Crippen molar-refractivity contribution in [1.82, 2.24) is 10.2 Å². The van der Waals surface area contributed by atoms with Crippen LogP contribution in [0.4, 0.5) is 5.69 Å². The van der Waals surface area contributed by atoms with Gasteiger partial charge in [-0.25, -0.2) is 0 Å². The Kier molecular flexibility index (Phi) is 10.2. The first-order valence-corrected chi connectivity index (χ1v) is 9.14. The van der Waals surface area contributed by atoms with Gasteiger partial charge in [-0.15, -0.1) is 24.0 Å². The van der Waals surface area contributed by atoms with Crippen molar-refractivity contribution in [1.29, 1.82) is 0 Å². The van der Waals surface area contributed by atoms with Crippen molar-refractivity contribution in [2.45, 2.75) is 33.2 Å². The number of nitrogens with one attached hydrogen (secondary N) is 1. The summed E-state index contributed by atoms with van der Waals surface area (Å²) in [6, 6.07) is 11.1. The number of aliphatic imine (C=N–C) groups is 1. The Bertz CT molecular complexity index is 498. The Labute approximate surface area is 170 Å².